The van der Waals surface area contributed by atoms with Crippen LogP contribution in [0.15, 0.2) is 11.9 Å². The minimum absolute atomic E-state index is 0.0109. The minimum Gasteiger partial charge on any atom is -0.403 e. The van der Waals surface area contributed by atoms with Crippen molar-refractivity contribution in [3.63, 3.8) is 0 Å². The molecular weight excluding hydrogens is 202 g/mol. The van der Waals surface area contributed by atoms with Gasteiger partial charge < -0.3 is 16.4 Å². The first-order valence-electron chi connectivity index (χ1n) is 6.09. The van der Waals surface area contributed by atoms with Crippen LogP contribution in [0.5, 0.6) is 0 Å². The topological polar surface area (TPSA) is 67.2 Å². The summed E-state index contributed by atoms with van der Waals surface area (Å²) in [5.74, 6) is -0.0830. The molecule has 4 N–H and O–H groups in total. The van der Waals surface area contributed by atoms with Gasteiger partial charge >= 0.3 is 0 Å². The highest BCUT2D eigenvalue weighted by molar-refractivity contribution is 5.93. The van der Waals surface area contributed by atoms with Crippen LogP contribution in [-0.2, 0) is 4.79 Å². The van der Waals surface area contributed by atoms with Crippen LogP contribution in [0.4, 0.5) is 0 Å². The second kappa shape index (κ2) is 5.77. The molecule has 0 aromatic heterocycles. The highest BCUT2D eigenvalue weighted by atomic mass is 16.2. The van der Waals surface area contributed by atoms with Crippen LogP contribution in [-0.4, -0.2) is 18.5 Å². The third kappa shape index (κ3) is 2.90. The van der Waals surface area contributed by atoms with Gasteiger partial charge in [0.2, 0.25) is 0 Å². The Balaban J connectivity index is 2.65. The summed E-state index contributed by atoms with van der Waals surface area (Å²) in [4.78, 5) is 11.9. The fraction of sp³-hybridized carbons (Fsp3) is 0.750. The predicted molar refractivity (Wildman–Crippen MR) is 65.6 cm³/mol. The molecule has 1 amide bonds. The Morgan fingerprint density at radius 1 is 1.44 bits per heavy atom. The number of likely N-dealkylation sites (N-methyl/N-ethyl adjacent to an activating group) is 1. The molecular formula is C12H23N3O. The van der Waals surface area contributed by atoms with Crippen LogP contribution in [0.25, 0.3) is 0 Å². The van der Waals surface area contributed by atoms with E-state index in [4.69, 9.17) is 5.73 Å². The van der Waals surface area contributed by atoms with Crippen LogP contribution in [0.2, 0.25) is 0 Å². The zero-order valence-corrected chi connectivity index (χ0v) is 10.3. The molecule has 0 spiro atoms. The van der Waals surface area contributed by atoms with Crippen LogP contribution < -0.4 is 16.4 Å². The summed E-state index contributed by atoms with van der Waals surface area (Å²) in [5.41, 5.74) is 5.85. The van der Waals surface area contributed by atoms with Gasteiger partial charge in [-0.1, -0.05) is 26.2 Å². The molecule has 0 saturated heterocycles. The van der Waals surface area contributed by atoms with Crippen molar-refractivity contribution in [1.82, 2.24) is 10.6 Å². The van der Waals surface area contributed by atoms with E-state index in [9.17, 15) is 4.79 Å². The molecule has 92 valence electrons. The molecule has 1 aliphatic carbocycles. The second-order valence-electron chi connectivity index (χ2n) is 4.52. The zero-order chi connectivity index (χ0) is 12.0. The van der Waals surface area contributed by atoms with Gasteiger partial charge in [0.05, 0.1) is 0 Å². The number of hydrogen-bond donors (Lipinski definition) is 3. The highest BCUT2D eigenvalue weighted by Crippen LogP contribution is 2.33. The van der Waals surface area contributed by atoms with Gasteiger partial charge in [-0.3, -0.25) is 4.79 Å². The molecule has 4 heteroatoms. The van der Waals surface area contributed by atoms with Crippen molar-refractivity contribution in [2.24, 2.45) is 5.73 Å². The number of rotatable bonds is 5. The lowest BCUT2D eigenvalue weighted by Crippen LogP contribution is -2.48. The van der Waals surface area contributed by atoms with E-state index in [0.29, 0.717) is 5.70 Å². The van der Waals surface area contributed by atoms with Gasteiger partial charge in [-0.15, -0.1) is 0 Å². The summed E-state index contributed by atoms with van der Waals surface area (Å²) in [6, 6.07) is 0. The molecule has 0 radical (unpaired) electrons. The van der Waals surface area contributed by atoms with Gasteiger partial charge in [-0.25, -0.2) is 0 Å². The van der Waals surface area contributed by atoms with Crippen molar-refractivity contribution < 1.29 is 4.79 Å². The van der Waals surface area contributed by atoms with Gasteiger partial charge in [0, 0.05) is 18.8 Å². The minimum atomic E-state index is -0.0830. The largest absolute Gasteiger partial charge is 0.403 e. The van der Waals surface area contributed by atoms with E-state index in [1.54, 1.807) is 7.05 Å². The van der Waals surface area contributed by atoms with Crippen molar-refractivity contribution in [2.75, 3.05) is 7.05 Å². The third-order valence-electron chi connectivity index (χ3n) is 3.35. The molecule has 0 aliphatic heterocycles. The van der Waals surface area contributed by atoms with Gasteiger partial charge in [0.25, 0.3) is 5.91 Å². The van der Waals surface area contributed by atoms with E-state index in [1.807, 2.05) is 0 Å². The number of hydrogen-bond acceptors (Lipinski definition) is 3. The number of carbonyl (C=O) groups excluding carboxylic acids is 1. The smallest absolute Gasteiger partial charge is 0.269 e. The molecule has 1 saturated carbocycles. The first kappa shape index (κ1) is 12.9. The Bertz CT molecular complexity index is 267. The second-order valence-corrected chi connectivity index (χ2v) is 4.52. The van der Waals surface area contributed by atoms with E-state index < -0.39 is 0 Å². The molecule has 0 atom stereocenters. The normalized spacial score (nSPS) is 19.5. The quantitative estimate of drug-likeness (QED) is 0.617. The molecule has 0 aromatic rings. The summed E-state index contributed by atoms with van der Waals surface area (Å²) in [6.45, 7) is 2.16. The Labute approximate surface area is 97.7 Å². The predicted octanol–water partition coefficient (Wildman–Crippen LogP) is 1.23. The lowest BCUT2D eigenvalue weighted by atomic mass is 9.91. The fourth-order valence-electron chi connectivity index (χ4n) is 2.55. The first-order chi connectivity index (χ1) is 7.67. The zero-order valence-electron chi connectivity index (χ0n) is 10.3. The molecule has 0 aromatic carbocycles. The van der Waals surface area contributed by atoms with Crippen molar-refractivity contribution in [3.05, 3.63) is 11.9 Å². The van der Waals surface area contributed by atoms with Crippen molar-refractivity contribution in [1.29, 1.82) is 0 Å². The van der Waals surface area contributed by atoms with E-state index in [1.165, 1.54) is 19.0 Å². The van der Waals surface area contributed by atoms with E-state index in [2.05, 4.69) is 17.6 Å². The molecule has 16 heavy (non-hydrogen) atoms. The molecule has 1 fully saturated rings. The number of nitrogens with two attached hydrogens (primary N) is 1. The Morgan fingerprint density at radius 2 is 2.06 bits per heavy atom. The Morgan fingerprint density at radius 3 is 2.50 bits per heavy atom. The van der Waals surface area contributed by atoms with Crippen LogP contribution >= 0.6 is 0 Å². The fourth-order valence-corrected chi connectivity index (χ4v) is 2.55. The standard InChI is InChI=1S/C12H23N3O/c1-3-6-12(7-4-5-8-12)15-11(16)10(9-13)14-2/h9,14H,3-8,13H2,1-2H3,(H,15,16)/b10-9-. The van der Waals surface area contributed by atoms with Crippen LogP contribution in [0.3, 0.4) is 0 Å². The van der Waals surface area contributed by atoms with Crippen molar-refractivity contribution in [2.45, 2.75) is 51.0 Å². The number of nitrogens with one attached hydrogen (secondary N) is 2. The van der Waals surface area contributed by atoms with Crippen molar-refractivity contribution >= 4 is 5.91 Å². The summed E-state index contributed by atoms with van der Waals surface area (Å²) >= 11 is 0. The van der Waals surface area contributed by atoms with Crippen molar-refractivity contribution in [3.8, 4) is 0 Å². The maximum absolute atomic E-state index is 11.9. The lowest BCUT2D eigenvalue weighted by molar-refractivity contribution is -0.119. The average molecular weight is 225 g/mol. The molecule has 0 heterocycles. The SMILES string of the molecule is CCCC1(NC(=O)/C(=C/N)NC)CCCC1. The molecule has 1 aliphatic rings. The number of amides is 1. The van der Waals surface area contributed by atoms with Crippen LogP contribution in [0.1, 0.15) is 45.4 Å². The lowest BCUT2D eigenvalue weighted by Gasteiger charge is -2.30. The first-order valence-corrected chi connectivity index (χ1v) is 6.09. The van der Waals surface area contributed by atoms with Gasteiger partial charge in [-0.2, -0.15) is 0 Å². The maximum Gasteiger partial charge on any atom is 0.269 e. The summed E-state index contributed by atoms with van der Waals surface area (Å²) in [6.07, 6.45) is 8.08. The molecule has 4 nitrogen and oxygen atoms in total. The van der Waals surface area contributed by atoms with Gasteiger partial charge in [0.1, 0.15) is 5.70 Å². The van der Waals surface area contributed by atoms with E-state index in [0.717, 1.165) is 25.7 Å². The maximum atomic E-state index is 11.9. The molecule has 1 rings (SSSR count). The summed E-state index contributed by atoms with van der Waals surface area (Å²) < 4.78 is 0. The summed E-state index contributed by atoms with van der Waals surface area (Å²) in [5, 5.41) is 5.95. The Hall–Kier alpha value is -1.19. The van der Waals surface area contributed by atoms with E-state index >= 15 is 0 Å². The summed E-state index contributed by atoms with van der Waals surface area (Å²) in [7, 11) is 1.71. The van der Waals surface area contributed by atoms with Crippen LogP contribution in [0, 0.1) is 0 Å². The molecule has 0 unspecified atom stereocenters. The molecule has 0 bridgehead atoms. The average Bonchev–Trinajstić information content (AvgIpc) is 2.69. The highest BCUT2D eigenvalue weighted by Gasteiger charge is 2.34. The Kier molecular flexibility index (Phi) is 4.65. The number of carbonyl (C=O) groups is 1. The van der Waals surface area contributed by atoms with E-state index in [-0.39, 0.29) is 11.4 Å². The monoisotopic (exact) mass is 225 g/mol. The van der Waals surface area contributed by atoms with Gasteiger partial charge in [-0.05, 0) is 19.3 Å². The third-order valence-corrected chi connectivity index (χ3v) is 3.35. The van der Waals surface area contributed by atoms with Gasteiger partial charge in [0.15, 0.2) is 0 Å².